The summed E-state index contributed by atoms with van der Waals surface area (Å²) in [5, 5.41) is 0. The second-order valence-corrected chi connectivity index (χ2v) is 8.92. The molecule has 2 unspecified atom stereocenters. The Bertz CT molecular complexity index is 672. The van der Waals surface area contributed by atoms with Crippen molar-refractivity contribution in [2.24, 2.45) is 17.3 Å². The minimum atomic E-state index is -0.377. The molecule has 5 heteroatoms. The molecule has 0 heterocycles. The smallest absolute Gasteiger partial charge is 0.312 e. The Labute approximate surface area is 153 Å². The Hall–Kier alpha value is -1.42. The third-order valence-electron chi connectivity index (χ3n) is 6.27. The van der Waals surface area contributed by atoms with Gasteiger partial charge in [0.05, 0.1) is 19.6 Å². The number of rotatable bonds is 5. The van der Waals surface area contributed by atoms with E-state index in [1.807, 2.05) is 18.2 Å². The van der Waals surface area contributed by atoms with Gasteiger partial charge in [-0.05, 0) is 56.4 Å². The Morgan fingerprint density at radius 1 is 1.16 bits per heavy atom. The van der Waals surface area contributed by atoms with Crippen LogP contribution in [0.2, 0.25) is 0 Å². The van der Waals surface area contributed by atoms with Crippen molar-refractivity contribution in [3.63, 3.8) is 0 Å². The monoisotopic (exact) mass is 364 g/mol. The number of benzene rings is 1. The highest BCUT2D eigenvalue weighted by Gasteiger charge is 2.60. The van der Waals surface area contributed by atoms with Crippen LogP contribution >= 0.6 is 11.6 Å². The van der Waals surface area contributed by atoms with Crippen molar-refractivity contribution in [1.29, 1.82) is 0 Å². The maximum absolute atomic E-state index is 13.0. The van der Waals surface area contributed by atoms with Gasteiger partial charge in [-0.15, -0.1) is 11.6 Å². The number of ether oxygens (including phenoxy) is 3. The molecule has 25 heavy (non-hydrogen) atoms. The van der Waals surface area contributed by atoms with E-state index >= 15 is 0 Å². The number of para-hydroxylation sites is 1. The summed E-state index contributed by atoms with van der Waals surface area (Å²) in [6.07, 6.45) is 5.99. The molecule has 1 aromatic carbocycles. The van der Waals surface area contributed by atoms with Gasteiger partial charge in [0.25, 0.3) is 0 Å². The van der Waals surface area contributed by atoms with Crippen LogP contribution in [0.4, 0.5) is 0 Å². The van der Waals surface area contributed by atoms with Crippen molar-refractivity contribution < 1.29 is 19.0 Å². The lowest BCUT2D eigenvalue weighted by molar-refractivity contribution is -0.171. The average Bonchev–Trinajstić information content (AvgIpc) is 2.56. The van der Waals surface area contributed by atoms with Gasteiger partial charge in [-0.3, -0.25) is 4.79 Å². The van der Waals surface area contributed by atoms with Crippen LogP contribution < -0.4 is 9.47 Å². The summed E-state index contributed by atoms with van der Waals surface area (Å²) in [6, 6.07) is 5.61. The van der Waals surface area contributed by atoms with Crippen molar-refractivity contribution in [1.82, 2.24) is 0 Å². The molecule has 5 rings (SSSR count). The lowest BCUT2D eigenvalue weighted by Crippen LogP contribution is -2.56. The summed E-state index contributed by atoms with van der Waals surface area (Å²) in [6.45, 7) is 0.200. The highest BCUT2D eigenvalue weighted by molar-refractivity contribution is 6.24. The molecule has 0 spiro atoms. The molecule has 0 aromatic heterocycles. The quantitative estimate of drug-likeness (QED) is 0.576. The maximum atomic E-state index is 13.0. The minimum Gasteiger partial charge on any atom is -0.493 e. The number of carbonyl (C=O) groups excluding carboxylic acids is 1. The molecule has 4 bridgehead atoms. The molecule has 4 atom stereocenters. The summed E-state index contributed by atoms with van der Waals surface area (Å²) in [4.78, 5) is 12.8. The topological polar surface area (TPSA) is 44.8 Å². The predicted molar refractivity (Wildman–Crippen MR) is 95.0 cm³/mol. The SMILES string of the molecule is COc1cccc(COC(=O)C23C[C@@H]4C[C@@H](CC(Cl)(C4)C2)C3)c1OC. The zero-order valence-electron chi connectivity index (χ0n) is 14.8. The molecule has 0 saturated heterocycles. The van der Waals surface area contributed by atoms with E-state index in [-0.39, 0.29) is 22.9 Å². The molecular formula is C20H25ClO4. The Morgan fingerprint density at radius 2 is 1.88 bits per heavy atom. The zero-order valence-corrected chi connectivity index (χ0v) is 15.6. The van der Waals surface area contributed by atoms with Gasteiger partial charge in [-0.1, -0.05) is 12.1 Å². The van der Waals surface area contributed by atoms with Crippen LogP contribution in [0.1, 0.15) is 44.1 Å². The van der Waals surface area contributed by atoms with Crippen LogP contribution in [0.5, 0.6) is 11.5 Å². The van der Waals surface area contributed by atoms with E-state index < -0.39 is 0 Å². The zero-order chi connectivity index (χ0) is 17.7. The van der Waals surface area contributed by atoms with Crippen LogP contribution in [0.3, 0.4) is 0 Å². The molecule has 4 saturated carbocycles. The average molecular weight is 365 g/mol. The minimum absolute atomic E-state index is 0.0866. The van der Waals surface area contributed by atoms with Crippen molar-refractivity contribution in [2.75, 3.05) is 14.2 Å². The van der Waals surface area contributed by atoms with Crippen molar-refractivity contribution in [2.45, 2.75) is 50.0 Å². The summed E-state index contributed by atoms with van der Waals surface area (Å²) in [5.41, 5.74) is 0.443. The van der Waals surface area contributed by atoms with Crippen LogP contribution in [0, 0.1) is 17.3 Å². The third-order valence-corrected chi connectivity index (χ3v) is 6.71. The van der Waals surface area contributed by atoms with Crippen molar-refractivity contribution >= 4 is 17.6 Å². The number of alkyl halides is 1. The van der Waals surface area contributed by atoms with E-state index in [9.17, 15) is 4.79 Å². The summed E-state index contributed by atoms with van der Waals surface area (Å²) in [7, 11) is 3.20. The van der Waals surface area contributed by atoms with Gasteiger partial charge in [0.2, 0.25) is 0 Å². The fourth-order valence-corrected chi connectivity index (χ4v) is 6.45. The molecule has 0 amide bonds. The van der Waals surface area contributed by atoms with Gasteiger partial charge in [0.15, 0.2) is 11.5 Å². The second kappa shape index (κ2) is 6.08. The first kappa shape index (κ1) is 17.0. The van der Waals surface area contributed by atoms with Crippen LogP contribution in [-0.4, -0.2) is 25.1 Å². The highest BCUT2D eigenvalue weighted by atomic mass is 35.5. The predicted octanol–water partition coefficient (Wildman–Crippen LogP) is 4.32. The van der Waals surface area contributed by atoms with Gasteiger partial charge in [0, 0.05) is 10.4 Å². The molecule has 0 N–H and O–H groups in total. The van der Waals surface area contributed by atoms with E-state index in [2.05, 4.69) is 0 Å². The Balaban J connectivity index is 1.50. The van der Waals surface area contributed by atoms with E-state index in [0.29, 0.717) is 23.3 Å². The molecule has 0 aliphatic heterocycles. The van der Waals surface area contributed by atoms with E-state index in [1.54, 1.807) is 14.2 Å². The number of carbonyl (C=O) groups is 1. The van der Waals surface area contributed by atoms with Crippen LogP contribution in [0.25, 0.3) is 0 Å². The van der Waals surface area contributed by atoms with Crippen molar-refractivity contribution in [3.05, 3.63) is 23.8 Å². The first-order chi connectivity index (χ1) is 12.0. The number of hydrogen-bond acceptors (Lipinski definition) is 4. The molecule has 4 nitrogen and oxygen atoms in total. The standard InChI is InChI=1S/C20H25ClO4/c1-23-16-5-3-4-15(17(16)24-2)11-25-18(22)19-7-13-6-14(8-19)10-20(21,9-13)12-19/h3-5,13-14H,6-12H2,1-2H3/t13-,14+,19?,20?. The van der Waals surface area contributed by atoms with Crippen LogP contribution in [0.15, 0.2) is 18.2 Å². The van der Waals surface area contributed by atoms with E-state index in [4.69, 9.17) is 25.8 Å². The van der Waals surface area contributed by atoms with Gasteiger partial charge >= 0.3 is 5.97 Å². The molecule has 1 aromatic rings. The summed E-state index contributed by atoms with van der Waals surface area (Å²) < 4.78 is 16.5. The first-order valence-electron chi connectivity index (χ1n) is 9.03. The van der Waals surface area contributed by atoms with Gasteiger partial charge < -0.3 is 14.2 Å². The van der Waals surface area contributed by atoms with E-state index in [1.165, 1.54) is 6.42 Å². The number of halogens is 1. The van der Waals surface area contributed by atoms with Gasteiger partial charge in [-0.2, -0.15) is 0 Å². The number of methoxy groups -OCH3 is 2. The summed E-state index contributed by atoms with van der Waals surface area (Å²) >= 11 is 6.82. The molecule has 136 valence electrons. The first-order valence-corrected chi connectivity index (χ1v) is 9.41. The largest absolute Gasteiger partial charge is 0.493 e. The summed E-state index contributed by atoms with van der Waals surface area (Å²) in [5.74, 6) is 2.34. The lowest BCUT2D eigenvalue weighted by atomic mass is 9.49. The van der Waals surface area contributed by atoms with Gasteiger partial charge in [-0.25, -0.2) is 0 Å². The normalized spacial score (nSPS) is 35.5. The molecule has 4 aliphatic carbocycles. The fraction of sp³-hybridized carbons (Fsp3) is 0.650. The van der Waals surface area contributed by atoms with Crippen molar-refractivity contribution in [3.8, 4) is 11.5 Å². The molecule has 4 aliphatic rings. The van der Waals surface area contributed by atoms with Gasteiger partial charge in [0.1, 0.15) is 6.61 Å². The third kappa shape index (κ3) is 2.88. The lowest BCUT2D eigenvalue weighted by Gasteiger charge is -2.58. The molecule has 0 radical (unpaired) electrons. The van der Waals surface area contributed by atoms with Crippen LogP contribution in [-0.2, 0) is 16.1 Å². The fourth-order valence-electron chi connectivity index (χ4n) is 5.75. The number of esters is 1. The highest BCUT2D eigenvalue weighted by Crippen LogP contribution is 2.64. The Morgan fingerprint density at radius 3 is 2.48 bits per heavy atom. The molecular weight excluding hydrogens is 340 g/mol. The molecule has 4 fully saturated rings. The Kier molecular flexibility index (Phi) is 4.14. The van der Waals surface area contributed by atoms with E-state index in [0.717, 1.165) is 37.7 Å². The maximum Gasteiger partial charge on any atom is 0.312 e. The second-order valence-electron chi connectivity index (χ2n) is 8.12. The number of hydrogen-bond donors (Lipinski definition) is 0.